The molecule has 0 unspecified atom stereocenters. The number of halogens is 4. The van der Waals surface area contributed by atoms with Gasteiger partial charge in [0.2, 0.25) is 0 Å². The molecule has 20 heavy (non-hydrogen) atoms. The van der Waals surface area contributed by atoms with Crippen LogP contribution in [-0.2, 0) is 6.54 Å². The molecular weight excluding hydrogens is 339 g/mol. The molecule has 1 N–H and O–H groups in total. The third-order valence-electron chi connectivity index (χ3n) is 2.36. The van der Waals surface area contributed by atoms with Crippen molar-refractivity contribution in [1.29, 1.82) is 0 Å². The van der Waals surface area contributed by atoms with Crippen molar-refractivity contribution in [3.8, 4) is 5.75 Å². The second-order valence-electron chi connectivity index (χ2n) is 3.96. The van der Waals surface area contributed by atoms with Crippen molar-refractivity contribution >= 4 is 21.6 Å². The van der Waals surface area contributed by atoms with Crippen molar-refractivity contribution < 1.29 is 22.3 Å². The van der Waals surface area contributed by atoms with E-state index in [-0.39, 0.29) is 5.75 Å². The number of hydrogen-bond acceptors (Lipinski definition) is 3. The number of hydrogen-bond donors (Lipinski definition) is 1. The van der Waals surface area contributed by atoms with Crippen molar-refractivity contribution in [2.45, 2.75) is 12.7 Å². The molecule has 2 aromatic rings. The molecule has 0 atom stereocenters. The van der Waals surface area contributed by atoms with Crippen LogP contribution in [-0.4, -0.2) is 12.8 Å². The highest BCUT2D eigenvalue weighted by atomic mass is 79.9. The number of anilines is 1. The van der Waals surface area contributed by atoms with Gasteiger partial charge in [-0.05, 0) is 40.2 Å². The lowest BCUT2D eigenvalue weighted by molar-refractivity contribution is -0.153. The molecule has 0 fully saturated rings. The average Bonchev–Trinajstić information content (AvgIpc) is 2.80. The van der Waals surface area contributed by atoms with Crippen LogP contribution >= 0.6 is 15.9 Å². The minimum atomic E-state index is -4.36. The van der Waals surface area contributed by atoms with Gasteiger partial charge in [0.1, 0.15) is 11.5 Å². The van der Waals surface area contributed by atoms with Gasteiger partial charge in [0, 0.05) is 0 Å². The maximum absolute atomic E-state index is 12.2. The highest BCUT2D eigenvalue weighted by molar-refractivity contribution is 9.10. The Bertz CT molecular complexity index is 569. The Kier molecular flexibility index (Phi) is 4.59. The Balaban J connectivity index is 2.00. The first-order valence-electron chi connectivity index (χ1n) is 5.71. The maximum atomic E-state index is 12.2. The summed E-state index contributed by atoms with van der Waals surface area (Å²) >= 11 is 3.18. The molecule has 3 nitrogen and oxygen atoms in total. The molecule has 0 aliphatic rings. The Morgan fingerprint density at radius 3 is 2.55 bits per heavy atom. The van der Waals surface area contributed by atoms with E-state index in [0.29, 0.717) is 22.7 Å². The van der Waals surface area contributed by atoms with E-state index in [2.05, 4.69) is 21.2 Å². The highest BCUT2D eigenvalue weighted by Crippen LogP contribution is 2.27. The van der Waals surface area contributed by atoms with E-state index < -0.39 is 12.8 Å². The number of nitrogens with one attached hydrogen (secondary N) is 1. The molecule has 1 heterocycles. The summed E-state index contributed by atoms with van der Waals surface area (Å²) in [6, 6.07) is 9.94. The van der Waals surface area contributed by atoms with Crippen LogP contribution in [0.2, 0.25) is 0 Å². The summed E-state index contributed by atoms with van der Waals surface area (Å²) in [6.07, 6.45) is -4.36. The topological polar surface area (TPSA) is 34.4 Å². The van der Waals surface area contributed by atoms with Gasteiger partial charge in [0.25, 0.3) is 0 Å². The van der Waals surface area contributed by atoms with E-state index in [1.54, 1.807) is 30.3 Å². The third-order valence-corrected chi connectivity index (χ3v) is 2.79. The Morgan fingerprint density at radius 2 is 1.90 bits per heavy atom. The SMILES string of the molecule is FC(F)(F)COc1ccccc1NCc1ccc(Br)o1. The first-order chi connectivity index (χ1) is 9.44. The maximum Gasteiger partial charge on any atom is 0.422 e. The molecule has 1 aromatic carbocycles. The van der Waals surface area contributed by atoms with Crippen LogP contribution in [0.25, 0.3) is 0 Å². The summed E-state index contributed by atoms with van der Waals surface area (Å²) in [5.41, 5.74) is 0.476. The van der Waals surface area contributed by atoms with Gasteiger partial charge in [-0.1, -0.05) is 12.1 Å². The van der Waals surface area contributed by atoms with Crippen molar-refractivity contribution in [3.05, 3.63) is 46.8 Å². The van der Waals surface area contributed by atoms with Crippen LogP contribution in [0.5, 0.6) is 5.75 Å². The monoisotopic (exact) mass is 349 g/mol. The van der Waals surface area contributed by atoms with Gasteiger partial charge in [-0.15, -0.1) is 0 Å². The molecule has 7 heteroatoms. The average molecular weight is 350 g/mol. The van der Waals surface area contributed by atoms with Gasteiger partial charge in [-0.25, -0.2) is 0 Å². The molecule has 0 spiro atoms. The van der Waals surface area contributed by atoms with Crippen LogP contribution in [0.1, 0.15) is 5.76 Å². The predicted octanol–water partition coefficient (Wildman–Crippen LogP) is 4.60. The van der Waals surface area contributed by atoms with E-state index >= 15 is 0 Å². The van der Waals surface area contributed by atoms with Gasteiger partial charge in [-0.3, -0.25) is 0 Å². The van der Waals surface area contributed by atoms with E-state index in [9.17, 15) is 13.2 Å². The molecule has 1 aromatic heterocycles. The molecular formula is C13H11BrF3NO2. The number of para-hydroxylation sites is 2. The van der Waals surface area contributed by atoms with Gasteiger partial charge in [0.05, 0.1) is 12.2 Å². The summed E-state index contributed by atoms with van der Waals surface area (Å²) in [6.45, 7) is -0.976. The fourth-order valence-corrected chi connectivity index (χ4v) is 1.87. The number of ether oxygens (including phenoxy) is 1. The summed E-state index contributed by atoms with van der Waals surface area (Å²) in [7, 11) is 0. The molecule has 0 bridgehead atoms. The first-order valence-corrected chi connectivity index (χ1v) is 6.50. The van der Waals surface area contributed by atoms with Gasteiger partial charge in [0.15, 0.2) is 11.3 Å². The quantitative estimate of drug-likeness (QED) is 0.856. The van der Waals surface area contributed by atoms with E-state index in [1.807, 2.05) is 0 Å². The second-order valence-corrected chi connectivity index (χ2v) is 4.74. The molecule has 0 aliphatic carbocycles. The Hall–Kier alpha value is -1.63. The predicted molar refractivity (Wildman–Crippen MR) is 71.7 cm³/mol. The highest BCUT2D eigenvalue weighted by Gasteiger charge is 2.28. The normalized spacial score (nSPS) is 11.4. The second kappa shape index (κ2) is 6.21. The summed E-state index contributed by atoms with van der Waals surface area (Å²) in [5, 5.41) is 2.97. The summed E-state index contributed by atoms with van der Waals surface area (Å²) < 4.78 is 47.1. The van der Waals surface area contributed by atoms with Crippen molar-refractivity contribution in [3.63, 3.8) is 0 Å². The number of alkyl halides is 3. The smallest absolute Gasteiger partial charge is 0.422 e. The van der Waals surface area contributed by atoms with E-state index in [0.717, 1.165) is 0 Å². The zero-order valence-electron chi connectivity index (χ0n) is 10.2. The van der Waals surface area contributed by atoms with Crippen molar-refractivity contribution in [1.82, 2.24) is 0 Å². The zero-order valence-corrected chi connectivity index (χ0v) is 11.8. The Morgan fingerprint density at radius 1 is 1.15 bits per heavy atom. The van der Waals surface area contributed by atoms with Crippen molar-refractivity contribution in [2.75, 3.05) is 11.9 Å². The van der Waals surface area contributed by atoms with Crippen LogP contribution in [0, 0.1) is 0 Å². The molecule has 0 aliphatic heterocycles. The Labute approximate surface area is 121 Å². The standard InChI is InChI=1S/C13H11BrF3NO2/c14-12-6-5-9(20-12)7-18-10-3-1-2-4-11(10)19-8-13(15,16)17/h1-6,18H,7-8H2. The van der Waals surface area contributed by atoms with Crippen LogP contribution < -0.4 is 10.1 Å². The van der Waals surface area contributed by atoms with Crippen LogP contribution in [0.4, 0.5) is 18.9 Å². The fourth-order valence-electron chi connectivity index (χ4n) is 1.53. The molecule has 2 rings (SSSR count). The third kappa shape index (κ3) is 4.48. The van der Waals surface area contributed by atoms with E-state index in [4.69, 9.17) is 9.15 Å². The molecule has 108 valence electrons. The van der Waals surface area contributed by atoms with Gasteiger partial charge in [-0.2, -0.15) is 13.2 Å². The minimum Gasteiger partial charge on any atom is -0.482 e. The molecule has 0 amide bonds. The first kappa shape index (κ1) is 14.8. The van der Waals surface area contributed by atoms with Gasteiger partial charge < -0.3 is 14.5 Å². The minimum absolute atomic E-state index is 0.149. The summed E-state index contributed by atoms with van der Waals surface area (Å²) in [5.74, 6) is 0.804. The van der Waals surface area contributed by atoms with Crippen molar-refractivity contribution in [2.24, 2.45) is 0 Å². The molecule has 0 radical (unpaired) electrons. The van der Waals surface area contributed by atoms with Crippen LogP contribution in [0.15, 0.2) is 45.5 Å². The lowest BCUT2D eigenvalue weighted by atomic mass is 10.3. The number of benzene rings is 1. The van der Waals surface area contributed by atoms with Crippen LogP contribution in [0.3, 0.4) is 0 Å². The zero-order chi connectivity index (χ0) is 14.6. The van der Waals surface area contributed by atoms with Gasteiger partial charge >= 0.3 is 6.18 Å². The molecule has 0 saturated carbocycles. The van der Waals surface area contributed by atoms with E-state index in [1.165, 1.54) is 6.07 Å². The number of rotatable bonds is 5. The summed E-state index contributed by atoms with van der Waals surface area (Å²) in [4.78, 5) is 0. The lowest BCUT2D eigenvalue weighted by Gasteiger charge is -2.13. The molecule has 0 saturated heterocycles. The lowest BCUT2D eigenvalue weighted by Crippen LogP contribution is -2.19. The fraction of sp³-hybridized carbons (Fsp3) is 0.231. The largest absolute Gasteiger partial charge is 0.482 e. The number of furan rings is 1.